The van der Waals surface area contributed by atoms with Crippen LogP contribution in [0.25, 0.3) is 0 Å². The Bertz CT molecular complexity index is 676. The maximum atomic E-state index is 6.81. The molecule has 10 fully saturated rings. The first-order valence-electron chi connectivity index (χ1n) is 11.2. The van der Waals surface area contributed by atoms with Crippen LogP contribution in [-0.4, -0.2) is 39.0 Å². The number of rotatable bonds is 2. The second-order valence-corrected chi connectivity index (χ2v) is 11.2. The summed E-state index contributed by atoms with van der Waals surface area (Å²) in [4.78, 5) is 0. The van der Waals surface area contributed by atoms with E-state index in [1.807, 2.05) is 14.2 Å². The van der Waals surface area contributed by atoms with Crippen LogP contribution in [0.15, 0.2) is 0 Å². The fraction of sp³-hybridized carbons (Fsp3) is 1.00. The van der Waals surface area contributed by atoms with Gasteiger partial charge in [-0.3, -0.25) is 0 Å². The number of ether oxygens (including phenoxy) is 4. The van der Waals surface area contributed by atoms with Gasteiger partial charge in [-0.1, -0.05) is 0 Å². The van der Waals surface area contributed by atoms with Gasteiger partial charge in [0, 0.05) is 25.0 Å². The Kier molecular flexibility index (Phi) is 1.98. The molecule has 0 aromatic carbocycles. The van der Waals surface area contributed by atoms with Gasteiger partial charge in [0.1, 0.15) is 0 Å². The highest BCUT2D eigenvalue weighted by Gasteiger charge is 3.02. The fourth-order valence-electron chi connectivity index (χ4n) is 13.0. The molecule has 0 N–H and O–H groups in total. The summed E-state index contributed by atoms with van der Waals surface area (Å²) in [5.74, 6) is 8.64. The van der Waals surface area contributed by atoms with Crippen LogP contribution in [0, 0.1) is 70.0 Å². The number of hydrogen-bond donors (Lipinski definition) is 0. The quantitative estimate of drug-likeness (QED) is 0.762. The summed E-state index contributed by atoms with van der Waals surface area (Å²) in [6, 6.07) is 0. The molecule has 0 amide bonds. The molecule has 0 radical (unpaired) electrons. The van der Waals surface area contributed by atoms with E-state index in [0.29, 0.717) is 12.2 Å². The van der Waals surface area contributed by atoms with Gasteiger partial charge in [-0.2, -0.15) is 0 Å². The van der Waals surface area contributed by atoms with E-state index in [-0.39, 0.29) is 23.4 Å². The summed E-state index contributed by atoms with van der Waals surface area (Å²) in [7, 11) is 3.82. The maximum Gasteiger partial charge on any atom is 0.164 e. The van der Waals surface area contributed by atoms with Crippen LogP contribution in [0.4, 0.5) is 0 Å². The minimum absolute atomic E-state index is 0.0142. The lowest BCUT2D eigenvalue weighted by molar-refractivity contribution is -0.399. The van der Waals surface area contributed by atoms with Crippen LogP contribution in [0.1, 0.15) is 25.7 Å². The van der Waals surface area contributed by atoms with Gasteiger partial charge in [0.15, 0.2) is 12.6 Å². The van der Waals surface area contributed by atoms with Crippen LogP contribution < -0.4 is 0 Å². The molecule has 4 nitrogen and oxygen atoms in total. The van der Waals surface area contributed by atoms with Crippen molar-refractivity contribution in [2.75, 3.05) is 14.2 Å². The molecule has 140 valence electrons. The van der Waals surface area contributed by atoms with E-state index in [9.17, 15) is 0 Å². The summed E-state index contributed by atoms with van der Waals surface area (Å²) >= 11 is 0. The third-order valence-electron chi connectivity index (χ3n) is 12.0. The van der Waals surface area contributed by atoms with Gasteiger partial charge in [-0.25, -0.2) is 0 Å². The maximum absolute atomic E-state index is 6.81. The summed E-state index contributed by atoms with van der Waals surface area (Å²) in [5, 5.41) is 0. The highest BCUT2D eigenvalue weighted by atomic mass is 16.7. The molecule has 10 aliphatic rings. The first kappa shape index (κ1) is 13.9. The predicted molar refractivity (Wildman–Crippen MR) is 89.6 cm³/mol. The van der Waals surface area contributed by atoms with E-state index in [1.165, 1.54) is 25.7 Å². The highest BCUT2D eigenvalue weighted by molar-refractivity contribution is 5.45. The number of methoxy groups -OCH3 is 2. The second kappa shape index (κ2) is 3.69. The SMILES string of the molecule is CO[C@@H]1O[C@@H]2CC[C@@H]3[C@@H]2[C@H]2[C@H]4[C@@H]5[C@@H]6[C@@H]7[C@H]8CC[C@@H]7O[C@@H](OC)[C@]6([C@@H]34)[C@@]12[C@H]85. The normalized spacial score (nSPS) is 79.6. The predicted octanol–water partition coefficient (Wildman–Crippen LogP) is 2.52. The van der Waals surface area contributed by atoms with E-state index in [1.54, 1.807) is 0 Å². The molecule has 8 saturated carbocycles. The molecule has 10 rings (SSSR count). The molecule has 4 heteroatoms. The largest absolute Gasteiger partial charge is 0.355 e. The summed E-state index contributed by atoms with van der Waals surface area (Å²) in [5.41, 5.74) is 0.400. The zero-order valence-corrected chi connectivity index (χ0v) is 15.5. The van der Waals surface area contributed by atoms with E-state index < -0.39 is 0 Å². The number of hydrogen-bond acceptors (Lipinski definition) is 4. The van der Waals surface area contributed by atoms with Gasteiger partial charge in [0.2, 0.25) is 0 Å². The third kappa shape index (κ3) is 0.881. The van der Waals surface area contributed by atoms with Gasteiger partial charge in [-0.05, 0) is 84.9 Å². The van der Waals surface area contributed by atoms with Crippen molar-refractivity contribution >= 4 is 0 Å². The van der Waals surface area contributed by atoms with Crippen molar-refractivity contribution in [3.63, 3.8) is 0 Å². The Morgan fingerprint density at radius 3 is 1.50 bits per heavy atom. The van der Waals surface area contributed by atoms with Gasteiger partial charge in [-0.15, -0.1) is 0 Å². The molecular formula is C22H28O4. The molecule has 2 saturated heterocycles. The van der Waals surface area contributed by atoms with Crippen molar-refractivity contribution in [1.29, 1.82) is 0 Å². The van der Waals surface area contributed by atoms with Crippen molar-refractivity contribution in [1.82, 2.24) is 0 Å². The molecule has 8 aliphatic carbocycles. The molecule has 16 atom stereocenters. The minimum atomic E-state index is -0.0142. The lowest BCUT2D eigenvalue weighted by Gasteiger charge is -2.68. The van der Waals surface area contributed by atoms with Crippen LogP contribution in [0.3, 0.4) is 0 Å². The van der Waals surface area contributed by atoms with Gasteiger partial charge in [0.05, 0.1) is 12.2 Å². The smallest absolute Gasteiger partial charge is 0.164 e. The lowest BCUT2D eigenvalue weighted by Crippen LogP contribution is -2.73. The van der Waals surface area contributed by atoms with Crippen LogP contribution in [-0.2, 0) is 18.9 Å². The Balaban J connectivity index is 1.40. The molecular weight excluding hydrogens is 328 g/mol. The monoisotopic (exact) mass is 356 g/mol. The standard InChI is InChI=1S/C22H28O4/c1-23-19-21-15-7-4-6-10-12(7)18-13(15)14-16(22(18,21)20(24-2)26-10)8-3-5-9(25-19)11(8)17(14)21/h7-20H,3-6H2,1-2H3/t7-,8-,9-,10+,11+,12-,13+,14+,15-,16+,17+,18+,19-,20-,21-,22-/m1/s1. The molecule has 2 heterocycles. The Morgan fingerprint density at radius 2 is 1.08 bits per heavy atom. The highest BCUT2D eigenvalue weighted by Crippen LogP contribution is 3.00. The van der Waals surface area contributed by atoms with Crippen molar-refractivity contribution in [3.05, 3.63) is 0 Å². The van der Waals surface area contributed by atoms with Gasteiger partial charge in [0.25, 0.3) is 0 Å². The average Bonchev–Trinajstić information content (AvgIpc) is 3.44. The fourth-order valence-corrected chi connectivity index (χ4v) is 13.0. The Morgan fingerprint density at radius 1 is 0.615 bits per heavy atom. The van der Waals surface area contributed by atoms with Crippen molar-refractivity contribution in [2.24, 2.45) is 70.0 Å². The Labute approximate surface area is 154 Å². The molecule has 8 bridgehead atoms. The summed E-state index contributed by atoms with van der Waals surface area (Å²) < 4.78 is 26.1. The molecule has 26 heavy (non-hydrogen) atoms. The van der Waals surface area contributed by atoms with E-state index in [0.717, 1.165) is 59.2 Å². The third-order valence-corrected chi connectivity index (χ3v) is 12.0. The zero-order valence-electron chi connectivity index (χ0n) is 15.5. The molecule has 0 aromatic heterocycles. The molecule has 2 spiro atoms. The molecule has 2 aliphatic heterocycles. The topological polar surface area (TPSA) is 36.9 Å². The van der Waals surface area contributed by atoms with Crippen LogP contribution >= 0.6 is 0 Å². The zero-order chi connectivity index (χ0) is 16.7. The van der Waals surface area contributed by atoms with Crippen molar-refractivity contribution in [3.8, 4) is 0 Å². The second-order valence-electron chi connectivity index (χ2n) is 11.2. The van der Waals surface area contributed by atoms with Crippen molar-refractivity contribution < 1.29 is 18.9 Å². The summed E-state index contributed by atoms with van der Waals surface area (Å²) in [6.45, 7) is 0. The first-order valence-corrected chi connectivity index (χ1v) is 11.2. The lowest BCUT2D eigenvalue weighted by atomic mass is 9.41. The van der Waals surface area contributed by atoms with Gasteiger partial charge >= 0.3 is 0 Å². The average molecular weight is 356 g/mol. The first-order chi connectivity index (χ1) is 12.8. The molecule has 0 unspecified atom stereocenters. The van der Waals surface area contributed by atoms with E-state index >= 15 is 0 Å². The van der Waals surface area contributed by atoms with E-state index in [2.05, 4.69) is 0 Å². The minimum Gasteiger partial charge on any atom is -0.355 e. The van der Waals surface area contributed by atoms with Crippen molar-refractivity contribution in [2.45, 2.75) is 50.5 Å². The molecule has 0 aromatic rings. The Hall–Kier alpha value is -0.160. The summed E-state index contributed by atoms with van der Waals surface area (Å²) in [6.07, 6.45) is 6.18. The van der Waals surface area contributed by atoms with Crippen LogP contribution in [0.2, 0.25) is 0 Å². The van der Waals surface area contributed by atoms with E-state index in [4.69, 9.17) is 18.9 Å². The van der Waals surface area contributed by atoms with Gasteiger partial charge < -0.3 is 18.9 Å². The van der Waals surface area contributed by atoms with Crippen LogP contribution in [0.5, 0.6) is 0 Å².